The number of halogens is 3. The van der Waals surface area contributed by atoms with Crippen LogP contribution >= 0.6 is 23.1 Å². The van der Waals surface area contributed by atoms with E-state index in [1.165, 1.54) is 12.8 Å². The maximum atomic E-state index is 12.3. The molecule has 0 aliphatic carbocycles. The lowest BCUT2D eigenvalue weighted by Crippen LogP contribution is -2.19. The van der Waals surface area contributed by atoms with Crippen LogP contribution in [0.4, 0.5) is 18.3 Å². The smallest absolute Gasteiger partial charge is 0.359 e. The quantitative estimate of drug-likeness (QED) is 0.924. The molecule has 1 aromatic heterocycles. The molecule has 1 N–H and O–H groups in total. The molecule has 2 rings (SSSR count). The number of thioether (sulfide) groups is 1. The van der Waals surface area contributed by atoms with Crippen molar-refractivity contribution in [2.45, 2.75) is 30.7 Å². The molecule has 0 spiro atoms. The van der Waals surface area contributed by atoms with Crippen molar-refractivity contribution in [2.24, 2.45) is 0 Å². The third-order valence-corrected chi connectivity index (χ3v) is 4.75. The second kappa shape index (κ2) is 5.43. The van der Waals surface area contributed by atoms with Gasteiger partial charge in [0, 0.05) is 11.8 Å². The fourth-order valence-corrected chi connectivity index (χ4v) is 3.44. The van der Waals surface area contributed by atoms with Gasteiger partial charge in [-0.3, -0.25) is 0 Å². The van der Waals surface area contributed by atoms with Crippen LogP contribution in [0.2, 0.25) is 0 Å². The third-order valence-electron chi connectivity index (χ3n) is 2.42. The largest absolute Gasteiger partial charge is 0.445 e. The number of alkyl halides is 3. The van der Waals surface area contributed by atoms with E-state index in [0.717, 1.165) is 12.2 Å². The fraction of sp³-hybridized carbons (Fsp3) is 0.778. The monoisotopic (exact) mass is 283 g/mol. The maximum absolute atomic E-state index is 12.3. The highest BCUT2D eigenvalue weighted by molar-refractivity contribution is 7.99. The van der Waals surface area contributed by atoms with Crippen LogP contribution in [0.15, 0.2) is 0 Å². The van der Waals surface area contributed by atoms with Crippen molar-refractivity contribution in [1.82, 2.24) is 10.2 Å². The van der Waals surface area contributed by atoms with Crippen molar-refractivity contribution < 1.29 is 13.2 Å². The number of nitrogens with one attached hydrogen (secondary N) is 1. The summed E-state index contributed by atoms with van der Waals surface area (Å²) in [4.78, 5) is 0. The minimum Gasteiger partial charge on any atom is -0.359 e. The summed E-state index contributed by atoms with van der Waals surface area (Å²) in [7, 11) is 0. The highest BCUT2D eigenvalue weighted by Crippen LogP contribution is 2.33. The van der Waals surface area contributed by atoms with Crippen LogP contribution in [-0.2, 0) is 6.18 Å². The Bertz CT molecular complexity index is 361. The second-order valence-electron chi connectivity index (χ2n) is 3.78. The van der Waals surface area contributed by atoms with Gasteiger partial charge in [0.2, 0.25) is 10.1 Å². The third kappa shape index (κ3) is 3.74. The molecule has 1 aliphatic rings. The minimum absolute atomic E-state index is 0.253. The Hall–Kier alpha value is -0.500. The number of nitrogens with zero attached hydrogens (tertiary/aromatic N) is 2. The van der Waals surface area contributed by atoms with Gasteiger partial charge in [-0.15, -0.1) is 10.2 Å². The van der Waals surface area contributed by atoms with E-state index in [4.69, 9.17) is 0 Å². The lowest BCUT2D eigenvalue weighted by Gasteiger charge is -2.20. The van der Waals surface area contributed by atoms with Crippen LogP contribution in [0.25, 0.3) is 0 Å². The van der Waals surface area contributed by atoms with E-state index in [-0.39, 0.29) is 5.13 Å². The highest BCUT2D eigenvalue weighted by atomic mass is 32.2. The topological polar surface area (TPSA) is 37.8 Å². The molecule has 1 fully saturated rings. The van der Waals surface area contributed by atoms with Crippen molar-refractivity contribution in [2.75, 3.05) is 17.6 Å². The van der Waals surface area contributed by atoms with E-state index in [9.17, 15) is 13.2 Å². The normalized spacial score (nSPS) is 21.5. The molecule has 1 aromatic rings. The van der Waals surface area contributed by atoms with Crippen LogP contribution in [0.3, 0.4) is 0 Å². The van der Waals surface area contributed by atoms with Crippen LogP contribution < -0.4 is 5.32 Å². The molecule has 1 aliphatic heterocycles. The second-order valence-corrected chi connectivity index (χ2v) is 6.17. The average molecular weight is 283 g/mol. The molecular weight excluding hydrogens is 271 g/mol. The number of hydrogen-bond acceptors (Lipinski definition) is 5. The molecule has 1 unspecified atom stereocenters. The van der Waals surface area contributed by atoms with Gasteiger partial charge in [-0.05, 0) is 18.6 Å². The number of aromatic nitrogens is 2. The standard InChI is InChI=1S/C9H12F3N3S2/c10-9(11,12)7-14-15-8(17-7)13-5-6-3-1-2-4-16-6/h6H,1-5H2,(H,13,15). The minimum atomic E-state index is -4.39. The van der Waals surface area contributed by atoms with Gasteiger partial charge in [0.1, 0.15) is 0 Å². The van der Waals surface area contributed by atoms with Crippen molar-refractivity contribution >= 4 is 28.2 Å². The van der Waals surface area contributed by atoms with E-state index in [2.05, 4.69) is 15.5 Å². The average Bonchev–Trinajstić information content (AvgIpc) is 2.76. The highest BCUT2D eigenvalue weighted by Gasteiger charge is 2.35. The molecule has 96 valence electrons. The Labute approximate surface area is 105 Å². The molecule has 0 amide bonds. The van der Waals surface area contributed by atoms with Crippen molar-refractivity contribution in [1.29, 1.82) is 0 Å². The summed E-state index contributed by atoms with van der Waals surface area (Å²) in [6, 6.07) is 0. The summed E-state index contributed by atoms with van der Waals surface area (Å²) < 4.78 is 36.8. The molecule has 8 heteroatoms. The van der Waals surface area contributed by atoms with E-state index in [1.54, 1.807) is 0 Å². The Morgan fingerprint density at radius 1 is 1.29 bits per heavy atom. The number of hydrogen-bond donors (Lipinski definition) is 1. The summed E-state index contributed by atoms with van der Waals surface area (Å²) >= 11 is 2.43. The molecule has 1 saturated heterocycles. The molecule has 0 radical (unpaired) electrons. The van der Waals surface area contributed by atoms with Gasteiger partial charge < -0.3 is 5.32 Å². The van der Waals surface area contributed by atoms with Gasteiger partial charge in [0.05, 0.1) is 0 Å². The summed E-state index contributed by atoms with van der Waals surface area (Å²) in [5.41, 5.74) is 0. The molecule has 3 nitrogen and oxygen atoms in total. The van der Waals surface area contributed by atoms with E-state index < -0.39 is 11.2 Å². The SMILES string of the molecule is FC(F)(F)c1nnc(NCC2CCCCS2)s1. The van der Waals surface area contributed by atoms with Crippen LogP contribution in [-0.4, -0.2) is 27.7 Å². The fourth-order valence-electron chi connectivity index (χ4n) is 1.58. The zero-order valence-corrected chi connectivity index (χ0v) is 10.6. The Kier molecular flexibility index (Phi) is 4.13. The molecule has 0 bridgehead atoms. The van der Waals surface area contributed by atoms with E-state index in [0.29, 0.717) is 23.1 Å². The first-order chi connectivity index (χ1) is 8.05. The summed E-state index contributed by atoms with van der Waals surface area (Å²) in [5, 5.41) is 9.39. The Morgan fingerprint density at radius 2 is 2.12 bits per heavy atom. The zero-order chi connectivity index (χ0) is 12.3. The number of rotatable bonds is 3. The van der Waals surface area contributed by atoms with E-state index in [1.807, 2.05) is 11.8 Å². The predicted molar refractivity (Wildman–Crippen MR) is 63.5 cm³/mol. The Morgan fingerprint density at radius 3 is 2.71 bits per heavy atom. The molecule has 0 saturated carbocycles. The van der Waals surface area contributed by atoms with E-state index >= 15 is 0 Å². The molecule has 17 heavy (non-hydrogen) atoms. The maximum Gasteiger partial charge on any atom is 0.445 e. The van der Waals surface area contributed by atoms with Crippen LogP contribution in [0.5, 0.6) is 0 Å². The molecule has 0 aromatic carbocycles. The van der Waals surface area contributed by atoms with Gasteiger partial charge in [-0.2, -0.15) is 24.9 Å². The van der Waals surface area contributed by atoms with Gasteiger partial charge in [0.15, 0.2) is 0 Å². The van der Waals surface area contributed by atoms with Gasteiger partial charge in [-0.1, -0.05) is 17.8 Å². The summed E-state index contributed by atoms with van der Waals surface area (Å²) in [5.74, 6) is 1.14. The van der Waals surface area contributed by atoms with Crippen LogP contribution in [0, 0.1) is 0 Å². The van der Waals surface area contributed by atoms with Crippen molar-refractivity contribution in [3.8, 4) is 0 Å². The summed E-state index contributed by atoms with van der Waals surface area (Å²) in [6.45, 7) is 0.664. The van der Waals surface area contributed by atoms with Crippen LogP contribution in [0.1, 0.15) is 24.3 Å². The molecule has 1 atom stereocenters. The lowest BCUT2D eigenvalue weighted by atomic mass is 10.2. The van der Waals surface area contributed by atoms with Gasteiger partial charge in [-0.25, -0.2) is 0 Å². The molecule has 2 heterocycles. The first-order valence-electron chi connectivity index (χ1n) is 5.32. The molecular formula is C9H12F3N3S2. The van der Waals surface area contributed by atoms with Gasteiger partial charge >= 0.3 is 6.18 Å². The Balaban J connectivity index is 1.84. The zero-order valence-electron chi connectivity index (χ0n) is 8.96. The predicted octanol–water partition coefficient (Wildman–Crippen LogP) is 3.25. The van der Waals surface area contributed by atoms with Crippen molar-refractivity contribution in [3.05, 3.63) is 5.01 Å². The van der Waals surface area contributed by atoms with Crippen molar-refractivity contribution in [3.63, 3.8) is 0 Å². The first kappa shape index (κ1) is 12.9. The lowest BCUT2D eigenvalue weighted by molar-refractivity contribution is -0.138. The summed E-state index contributed by atoms with van der Waals surface area (Å²) in [6.07, 6.45) is -0.846. The first-order valence-corrected chi connectivity index (χ1v) is 7.18. The van der Waals surface area contributed by atoms with Gasteiger partial charge in [0.25, 0.3) is 0 Å². The number of anilines is 1.